The molecule has 0 fully saturated rings. The third kappa shape index (κ3) is 1.69. The molecule has 3 aromatic rings. The topological polar surface area (TPSA) is 9.23 Å². The van der Waals surface area contributed by atoms with Gasteiger partial charge in [0.1, 0.15) is 0 Å². The van der Waals surface area contributed by atoms with Gasteiger partial charge in [0.25, 0.3) is 0 Å². The first-order chi connectivity index (χ1) is 8.40. The van der Waals surface area contributed by atoms with Gasteiger partial charge in [-0.25, -0.2) is 0 Å². The molecular weight excluding hydrogens is 208 g/mol. The molecule has 17 heavy (non-hydrogen) atoms. The van der Waals surface area contributed by atoms with Gasteiger partial charge >= 0.3 is 0 Å². The maximum Gasteiger partial charge on any atom is 0.0719 e. The van der Waals surface area contributed by atoms with Crippen molar-refractivity contribution < 1.29 is 4.74 Å². The summed E-state index contributed by atoms with van der Waals surface area (Å²) in [5, 5.41) is 5.18. The SMILES string of the molecule is COCc1cccc2c1ccc1ccccc12. The molecule has 0 bridgehead atoms. The lowest BCUT2D eigenvalue weighted by molar-refractivity contribution is 0.186. The van der Waals surface area contributed by atoms with Crippen molar-refractivity contribution in [1.82, 2.24) is 0 Å². The number of rotatable bonds is 2. The molecule has 0 atom stereocenters. The van der Waals surface area contributed by atoms with Gasteiger partial charge in [-0.1, -0.05) is 54.6 Å². The zero-order chi connectivity index (χ0) is 11.7. The summed E-state index contributed by atoms with van der Waals surface area (Å²) in [6.07, 6.45) is 0. The van der Waals surface area contributed by atoms with Crippen molar-refractivity contribution in [1.29, 1.82) is 0 Å². The molecule has 0 aliphatic carbocycles. The summed E-state index contributed by atoms with van der Waals surface area (Å²) < 4.78 is 5.25. The van der Waals surface area contributed by atoms with E-state index in [0.29, 0.717) is 6.61 Å². The first kappa shape index (κ1) is 10.3. The van der Waals surface area contributed by atoms with Crippen LogP contribution in [0.5, 0.6) is 0 Å². The molecule has 1 nitrogen and oxygen atoms in total. The van der Waals surface area contributed by atoms with Crippen LogP contribution < -0.4 is 0 Å². The van der Waals surface area contributed by atoms with Crippen LogP contribution in [0.15, 0.2) is 54.6 Å². The fourth-order valence-corrected chi connectivity index (χ4v) is 2.39. The Morgan fingerprint density at radius 2 is 1.59 bits per heavy atom. The van der Waals surface area contributed by atoms with Crippen molar-refractivity contribution in [2.45, 2.75) is 6.61 Å². The van der Waals surface area contributed by atoms with Crippen LogP contribution in [0.1, 0.15) is 5.56 Å². The highest BCUT2D eigenvalue weighted by molar-refractivity contribution is 6.08. The summed E-state index contributed by atoms with van der Waals surface area (Å²) in [5.41, 5.74) is 1.25. The number of hydrogen-bond acceptors (Lipinski definition) is 1. The second-order valence-electron chi connectivity index (χ2n) is 4.23. The average molecular weight is 222 g/mol. The van der Waals surface area contributed by atoms with E-state index in [1.807, 2.05) is 0 Å². The Kier molecular flexibility index (Phi) is 2.54. The van der Waals surface area contributed by atoms with Crippen LogP contribution in [-0.4, -0.2) is 7.11 Å². The van der Waals surface area contributed by atoms with Crippen molar-refractivity contribution in [2.24, 2.45) is 0 Å². The lowest BCUT2D eigenvalue weighted by Gasteiger charge is -2.08. The molecule has 0 unspecified atom stereocenters. The lowest BCUT2D eigenvalue weighted by atomic mass is 9.99. The van der Waals surface area contributed by atoms with E-state index >= 15 is 0 Å². The molecule has 0 aliphatic rings. The first-order valence-corrected chi connectivity index (χ1v) is 5.78. The lowest BCUT2D eigenvalue weighted by Crippen LogP contribution is -1.89. The normalized spacial score (nSPS) is 11.1. The van der Waals surface area contributed by atoms with Crippen molar-refractivity contribution in [2.75, 3.05) is 7.11 Å². The quantitative estimate of drug-likeness (QED) is 0.592. The number of fused-ring (bicyclic) bond motifs is 3. The Bertz CT molecular complexity index is 670. The van der Waals surface area contributed by atoms with E-state index in [9.17, 15) is 0 Å². The van der Waals surface area contributed by atoms with Crippen molar-refractivity contribution in [3.63, 3.8) is 0 Å². The smallest absolute Gasteiger partial charge is 0.0719 e. The molecule has 0 saturated heterocycles. The molecule has 0 radical (unpaired) electrons. The number of methoxy groups -OCH3 is 1. The van der Waals surface area contributed by atoms with Gasteiger partial charge in [0.2, 0.25) is 0 Å². The van der Waals surface area contributed by atoms with Gasteiger partial charge in [0, 0.05) is 7.11 Å². The van der Waals surface area contributed by atoms with Gasteiger partial charge in [-0.2, -0.15) is 0 Å². The van der Waals surface area contributed by atoms with E-state index in [1.54, 1.807) is 7.11 Å². The molecule has 0 amide bonds. The fourth-order valence-electron chi connectivity index (χ4n) is 2.39. The number of ether oxygens (including phenoxy) is 1. The summed E-state index contributed by atoms with van der Waals surface area (Å²) in [5.74, 6) is 0. The van der Waals surface area contributed by atoms with E-state index in [-0.39, 0.29) is 0 Å². The molecule has 3 rings (SSSR count). The van der Waals surface area contributed by atoms with Gasteiger partial charge in [-0.3, -0.25) is 0 Å². The first-order valence-electron chi connectivity index (χ1n) is 5.78. The maximum absolute atomic E-state index is 5.25. The summed E-state index contributed by atoms with van der Waals surface area (Å²) in [6, 6.07) is 19.3. The van der Waals surface area contributed by atoms with Crippen LogP contribution >= 0.6 is 0 Å². The van der Waals surface area contributed by atoms with Crippen LogP contribution in [0.4, 0.5) is 0 Å². The molecular formula is C16H14O. The molecule has 0 spiro atoms. The standard InChI is InChI=1S/C16H14O/c1-17-11-13-6-4-8-16-14-7-3-2-5-12(14)9-10-15(13)16/h2-10H,11H2,1H3. The molecule has 0 heterocycles. The van der Waals surface area contributed by atoms with Gasteiger partial charge in [-0.15, -0.1) is 0 Å². The highest BCUT2D eigenvalue weighted by atomic mass is 16.5. The molecule has 0 aromatic heterocycles. The van der Waals surface area contributed by atoms with Gasteiger partial charge in [0.15, 0.2) is 0 Å². The van der Waals surface area contributed by atoms with Crippen molar-refractivity contribution in [3.05, 3.63) is 60.2 Å². The van der Waals surface area contributed by atoms with Crippen LogP contribution in [0.25, 0.3) is 21.5 Å². The Labute approximate surface area is 101 Å². The molecule has 84 valence electrons. The zero-order valence-electron chi connectivity index (χ0n) is 9.81. The van der Waals surface area contributed by atoms with Crippen LogP contribution in [0.2, 0.25) is 0 Å². The molecule has 0 N–H and O–H groups in total. The van der Waals surface area contributed by atoms with Gasteiger partial charge < -0.3 is 4.74 Å². The van der Waals surface area contributed by atoms with Crippen LogP contribution in [0.3, 0.4) is 0 Å². The van der Waals surface area contributed by atoms with E-state index in [4.69, 9.17) is 4.74 Å². The summed E-state index contributed by atoms with van der Waals surface area (Å²) in [4.78, 5) is 0. The zero-order valence-corrected chi connectivity index (χ0v) is 9.81. The van der Waals surface area contributed by atoms with E-state index in [2.05, 4.69) is 54.6 Å². The van der Waals surface area contributed by atoms with Crippen LogP contribution in [-0.2, 0) is 11.3 Å². The second-order valence-corrected chi connectivity index (χ2v) is 4.23. The van der Waals surface area contributed by atoms with Gasteiger partial charge in [0.05, 0.1) is 6.61 Å². The minimum atomic E-state index is 0.662. The minimum Gasteiger partial charge on any atom is -0.380 e. The molecule has 0 saturated carbocycles. The Morgan fingerprint density at radius 1 is 0.765 bits per heavy atom. The second kappa shape index (κ2) is 4.19. The predicted molar refractivity (Wildman–Crippen MR) is 72.2 cm³/mol. The Hall–Kier alpha value is -1.86. The fraction of sp³-hybridized carbons (Fsp3) is 0.125. The molecule has 3 aromatic carbocycles. The van der Waals surface area contributed by atoms with Crippen molar-refractivity contribution in [3.8, 4) is 0 Å². The average Bonchev–Trinajstić information content (AvgIpc) is 2.39. The highest BCUT2D eigenvalue weighted by Crippen LogP contribution is 2.27. The molecule has 0 aliphatic heterocycles. The van der Waals surface area contributed by atoms with E-state index in [1.165, 1.54) is 27.1 Å². The Balaban J connectivity index is 2.40. The number of hydrogen-bond donors (Lipinski definition) is 0. The molecule has 1 heteroatoms. The van der Waals surface area contributed by atoms with Crippen LogP contribution in [0, 0.1) is 0 Å². The van der Waals surface area contributed by atoms with E-state index in [0.717, 1.165) is 0 Å². The largest absolute Gasteiger partial charge is 0.380 e. The number of benzene rings is 3. The minimum absolute atomic E-state index is 0.662. The Morgan fingerprint density at radius 3 is 2.47 bits per heavy atom. The summed E-state index contributed by atoms with van der Waals surface area (Å²) >= 11 is 0. The van der Waals surface area contributed by atoms with E-state index < -0.39 is 0 Å². The maximum atomic E-state index is 5.25. The van der Waals surface area contributed by atoms with Gasteiger partial charge in [-0.05, 0) is 27.1 Å². The monoisotopic (exact) mass is 222 g/mol. The predicted octanol–water partition coefficient (Wildman–Crippen LogP) is 4.14. The summed E-state index contributed by atoms with van der Waals surface area (Å²) in [6.45, 7) is 0.662. The third-order valence-electron chi connectivity index (χ3n) is 3.18. The van der Waals surface area contributed by atoms with Crippen molar-refractivity contribution >= 4 is 21.5 Å². The summed E-state index contributed by atoms with van der Waals surface area (Å²) in [7, 11) is 1.74. The highest BCUT2D eigenvalue weighted by Gasteiger charge is 2.03. The third-order valence-corrected chi connectivity index (χ3v) is 3.18.